The number of para-hydroxylation sites is 1. The van der Waals surface area contributed by atoms with Gasteiger partial charge in [-0.15, -0.1) is 0 Å². The number of piperazine rings is 1. The number of carbonyl (C=O) groups is 2. The first kappa shape index (κ1) is 23.2. The van der Waals surface area contributed by atoms with Crippen molar-refractivity contribution >= 4 is 22.7 Å². The molecule has 7 nitrogen and oxygen atoms in total. The molecule has 2 aliphatic rings. The third-order valence-corrected chi connectivity index (χ3v) is 7.58. The lowest BCUT2D eigenvalue weighted by atomic mass is 9.86. The highest BCUT2D eigenvalue weighted by Gasteiger charge is 2.48. The molecule has 3 aromatic carbocycles. The second-order valence-electron chi connectivity index (χ2n) is 9.60. The average molecular weight is 496 g/mol. The summed E-state index contributed by atoms with van der Waals surface area (Å²) in [5.74, 6) is 1.28. The number of methoxy groups -OCH3 is 2. The van der Waals surface area contributed by atoms with E-state index >= 15 is 0 Å². The number of benzene rings is 3. The van der Waals surface area contributed by atoms with Gasteiger partial charge < -0.3 is 24.3 Å². The first-order valence-corrected chi connectivity index (χ1v) is 12.5. The molecule has 2 aliphatic heterocycles. The molecule has 2 amide bonds. The standard InChI is InChI=1S/C30H29N3O4/c1-36-25-13-12-19(16-26(25)37-2)14-15-32-18-27(34)33-24(30(32)35)17-22-21-10-6-7-11-23(21)31-28(22)29(33)20-8-4-3-5-9-20/h3-13,16,24,29,31H,14-15,17-18H2,1-2H3/t24-,29-/m0/s1. The molecule has 1 aromatic heterocycles. The zero-order valence-electron chi connectivity index (χ0n) is 20.9. The third kappa shape index (κ3) is 3.91. The first-order chi connectivity index (χ1) is 18.1. The fourth-order valence-electron chi connectivity index (χ4n) is 5.79. The molecule has 188 valence electrons. The summed E-state index contributed by atoms with van der Waals surface area (Å²) in [6.45, 7) is 0.530. The highest BCUT2D eigenvalue weighted by atomic mass is 16.5. The van der Waals surface area contributed by atoms with Crippen molar-refractivity contribution in [2.75, 3.05) is 27.3 Å². The van der Waals surface area contributed by atoms with Crippen LogP contribution >= 0.6 is 0 Å². The van der Waals surface area contributed by atoms with E-state index in [-0.39, 0.29) is 24.4 Å². The van der Waals surface area contributed by atoms with Crippen LogP contribution < -0.4 is 9.47 Å². The molecule has 1 fully saturated rings. The van der Waals surface area contributed by atoms with Crippen molar-refractivity contribution in [3.63, 3.8) is 0 Å². The Morgan fingerprint density at radius 3 is 2.46 bits per heavy atom. The van der Waals surface area contributed by atoms with Crippen LogP contribution in [0.3, 0.4) is 0 Å². The van der Waals surface area contributed by atoms with Crippen molar-refractivity contribution < 1.29 is 19.1 Å². The highest BCUT2D eigenvalue weighted by Crippen LogP contribution is 2.42. The van der Waals surface area contributed by atoms with Crippen molar-refractivity contribution in [1.82, 2.24) is 14.8 Å². The number of aromatic nitrogens is 1. The number of H-pyrrole nitrogens is 1. The van der Waals surface area contributed by atoms with Gasteiger partial charge in [-0.2, -0.15) is 0 Å². The molecule has 0 aliphatic carbocycles. The van der Waals surface area contributed by atoms with Gasteiger partial charge >= 0.3 is 0 Å². The van der Waals surface area contributed by atoms with Crippen LogP contribution in [0.5, 0.6) is 11.5 Å². The van der Waals surface area contributed by atoms with Crippen LogP contribution in [0.15, 0.2) is 72.8 Å². The predicted octanol–water partition coefficient (Wildman–Crippen LogP) is 4.11. The van der Waals surface area contributed by atoms with E-state index in [9.17, 15) is 9.59 Å². The molecular weight excluding hydrogens is 466 g/mol. The van der Waals surface area contributed by atoms with Crippen molar-refractivity contribution in [3.05, 3.63) is 95.2 Å². The molecule has 0 spiro atoms. The summed E-state index contributed by atoms with van der Waals surface area (Å²) in [5.41, 5.74) is 5.17. The monoisotopic (exact) mass is 495 g/mol. The number of carbonyl (C=O) groups excluding carboxylic acids is 2. The Balaban J connectivity index is 1.33. The molecule has 37 heavy (non-hydrogen) atoms. The lowest BCUT2D eigenvalue weighted by Gasteiger charge is -2.47. The number of nitrogens with one attached hydrogen (secondary N) is 1. The normalized spacial score (nSPS) is 19.1. The second-order valence-corrected chi connectivity index (χ2v) is 9.60. The molecule has 1 saturated heterocycles. The van der Waals surface area contributed by atoms with E-state index in [4.69, 9.17) is 9.47 Å². The van der Waals surface area contributed by atoms with Gasteiger partial charge in [0.15, 0.2) is 11.5 Å². The molecule has 7 heteroatoms. The van der Waals surface area contributed by atoms with E-state index in [2.05, 4.69) is 11.1 Å². The molecule has 0 radical (unpaired) electrons. The van der Waals surface area contributed by atoms with E-state index in [0.717, 1.165) is 33.3 Å². The Labute approximate surface area is 215 Å². The minimum absolute atomic E-state index is 0.00283. The van der Waals surface area contributed by atoms with Gasteiger partial charge in [0.2, 0.25) is 11.8 Å². The van der Waals surface area contributed by atoms with E-state index in [1.807, 2.05) is 71.6 Å². The lowest BCUT2D eigenvalue weighted by molar-refractivity contribution is -0.158. The Bertz CT molecular complexity index is 1480. The fraction of sp³-hybridized carbons (Fsp3) is 0.267. The van der Waals surface area contributed by atoms with Gasteiger partial charge in [0.1, 0.15) is 6.04 Å². The topological polar surface area (TPSA) is 74.9 Å². The van der Waals surface area contributed by atoms with Crippen molar-refractivity contribution in [3.8, 4) is 11.5 Å². The molecule has 0 bridgehead atoms. The van der Waals surface area contributed by atoms with E-state index in [1.165, 1.54) is 0 Å². The van der Waals surface area contributed by atoms with Gasteiger partial charge in [-0.3, -0.25) is 9.59 Å². The number of nitrogens with zero attached hydrogens (tertiary/aromatic N) is 2. The third-order valence-electron chi connectivity index (χ3n) is 7.58. The van der Waals surface area contributed by atoms with Crippen molar-refractivity contribution in [2.45, 2.75) is 24.9 Å². The molecule has 4 aromatic rings. The summed E-state index contributed by atoms with van der Waals surface area (Å²) in [6.07, 6.45) is 1.12. The summed E-state index contributed by atoms with van der Waals surface area (Å²) in [7, 11) is 3.21. The van der Waals surface area contributed by atoms with Crippen LogP contribution in [-0.2, 0) is 22.4 Å². The van der Waals surface area contributed by atoms with Crippen LogP contribution in [-0.4, -0.2) is 59.9 Å². The number of rotatable bonds is 6. The summed E-state index contributed by atoms with van der Waals surface area (Å²) in [5, 5.41) is 1.11. The SMILES string of the molecule is COc1ccc(CCN2CC(=O)N3[C@@H](c4ccccc4)c4[nH]c5ccccc5c4C[C@H]3C2=O)cc1OC. The van der Waals surface area contributed by atoms with Gasteiger partial charge in [-0.05, 0) is 41.3 Å². The van der Waals surface area contributed by atoms with Crippen LogP contribution in [0.2, 0.25) is 0 Å². The molecule has 0 saturated carbocycles. The predicted molar refractivity (Wildman–Crippen MR) is 141 cm³/mol. The number of aromatic amines is 1. The molecular formula is C30H29N3O4. The zero-order valence-corrected chi connectivity index (χ0v) is 20.9. The van der Waals surface area contributed by atoms with Crippen LogP contribution in [0, 0.1) is 0 Å². The number of amides is 2. The first-order valence-electron chi connectivity index (χ1n) is 12.5. The van der Waals surface area contributed by atoms with Gasteiger partial charge in [0, 0.05) is 29.6 Å². The minimum atomic E-state index is -0.538. The van der Waals surface area contributed by atoms with Crippen LogP contribution in [0.1, 0.15) is 28.4 Å². The maximum atomic E-state index is 13.9. The van der Waals surface area contributed by atoms with Gasteiger partial charge in [0.25, 0.3) is 0 Å². The maximum absolute atomic E-state index is 13.9. The summed E-state index contributed by atoms with van der Waals surface area (Å²) in [6, 6.07) is 23.0. The number of ether oxygens (including phenoxy) is 2. The largest absolute Gasteiger partial charge is 0.493 e. The lowest BCUT2D eigenvalue weighted by Crippen LogP contribution is -2.63. The fourth-order valence-corrected chi connectivity index (χ4v) is 5.79. The van der Waals surface area contributed by atoms with Gasteiger partial charge in [-0.1, -0.05) is 54.6 Å². The second kappa shape index (κ2) is 9.32. The average Bonchev–Trinajstić information content (AvgIpc) is 3.31. The molecule has 2 atom stereocenters. The molecule has 3 heterocycles. The molecule has 6 rings (SSSR count). The van der Waals surface area contributed by atoms with Crippen LogP contribution in [0.25, 0.3) is 10.9 Å². The summed E-state index contributed by atoms with van der Waals surface area (Å²) < 4.78 is 10.8. The molecule has 0 unspecified atom stereocenters. The van der Waals surface area contributed by atoms with Crippen LogP contribution in [0.4, 0.5) is 0 Å². The summed E-state index contributed by atoms with van der Waals surface area (Å²) >= 11 is 0. The summed E-state index contributed by atoms with van der Waals surface area (Å²) in [4.78, 5) is 34.6. The van der Waals surface area contributed by atoms with Crippen molar-refractivity contribution in [2.24, 2.45) is 0 Å². The Hall–Kier alpha value is -4.26. The Kier molecular flexibility index (Phi) is 5.83. The van der Waals surface area contributed by atoms with E-state index in [0.29, 0.717) is 30.9 Å². The number of hydrogen-bond acceptors (Lipinski definition) is 4. The minimum Gasteiger partial charge on any atom is -0.493 e. The maximum Gasteiger partial charge on any atom is 0.246 e. The number of hydrogen-bond donors (Lipinski definition) is 1. The van der Waals surface area contributed by atoms with E-state index < -0.39 is 6.04 Å². The Morgan fingerprint density at radius 1 is 0.919 bits per heavy atom. The highest BCUT2D eigenvalue weighted by molar-refractivity contribution is 5.97. The van der Waals surface area contributed by atoms with Crippen molar-refractivity contribution in [1.29, 1.82) is 0 Å². The number of fused-ring (bicyclic) bond motifs is 4. The van der Waals surface area contributed by atoms with E-state index in [1.54, 1.807) is 19.1 Å². The Morgan fingerprint density at radius 2 is 1.68 bits per heavy atom. The quantitative estimate of drug-likeness (QED) is 0.437. The van der Waals surface area contributed by atoms with Gasteiger partial charge in [-0.25, -0.2) is 0 Å². The zero-order chi connectivity index (χ0) is 25.5. The molecule has 1 N–H and O–H groups in total. The van der Waals surface area contributed by atoms with Gasteiger partial charge in [0.05, 0.1) is 26.8 Å². The smallest absolute Gasteiger partial charge is 0.246 e.